The fourth-order valence-electron chi connectivity index (χ4n) is 3.74. The molecule has 19 heavy (non-hydrogen) atoms. The topological polar surface area (TPSA) is 12.0 Å². The molecule has 2 fully saturated rings. The van der Waals surface area contributed by atoms with Gasteiger partial charge >= 0.3 is 0 Å². The number of rotatable bonds is 2. The molecule has 104 valence electrons. The lowest BCUT2D eigenvalue weighted by Gasteiger charge is -2.52. The molecular formula is C16H21F2N. The first-order valence-corrected chi connectivity index (χ1v) is 7.33. The zero-order chi connectivity index (χ0) is 13.5. The number of aryl methyl sites for hydroxylation is 1. The molecule has 1 aromatic rings. The molecule has 0 bridgehead atoms. The molecule has 0 amide bonds. The number of halogens is 2. The van der Waals surface area contributed by atoms with Crippen molar-refractivity contribution < 1.29 is 8.78 Å². The lowest BCUT2D eigenvalue weighted by atomic mass is 9.57. The number of benzene rings is 1. The second-order valence-corrected chi connectivity index (χ2v) is 6.21. The lowest BCUT2D eigenvalue weighted by molar-refractivity contribution is 0.0567. The third-order valence-corrected chi connectivity index (χ3v) is 5.12. The zero-order valence-electron chi connectivity index (χ0n) is 11.4. The Morgan fingerprint density at radius 1 is 1.11 bits per heavy atom. The molecule has 0 radical (unpaired) electrons. The maximum Gasteiger partial charge on any atom is 0.152 e. The van der Waals surface area contributed by atoms with E-state index in [-0.39, 0.29) is 11.7 Å². The van der Waals surface area contributed by atoms with Gasteiger partial charge in [-0.25, -0.2) is 8.78 Å². The van der Waals surface area contributed by atoms with E-state index in [0.717, 1.165) is 6.42 Å². The molecule has 0 heterocycles. The first kappa shape index (κ1) is 12.9. The molecule has 3 heteroatoms. The van der Waals surface area contributed by atoms with Crippen LogP contribution in [0.4, 0.5) is 14.5 Å². The van der Waals surface area contributed by atoms with Gasteiger partial charge in [0.05, 0.1) is 0 Å². The van der Waals surface area contributed by atoms with E-state index in [1.807, 2.05) is 0 Å². The van der Waals surface area contributed by atoms with Gasteiger partial charge in [-0.15, -0.1) is 0 Å². The standard InChI is InChI=1S/C16H21F2N/c1-11-5-6-12(17)15(14(11)18)19-13-7-10-16(13)8-3-2-4-9-16/h5-6,13,19H,2-4,7-10H2,1H3. The van der Waals surface area contributed by atoms with Crippen LogP contribution in [0.3, 0.4) is 0 Å². The molecular weight excluding hydrogens is 244 g/mol. The van der Waals surface area contributed by atoms with Crippen molar-refractivity contribution >= 4 is 5.69 Å². The molecule has 1 spiro atoms. The molecule has 2 aliphatic carbocycles. The molecule has 1 aromatic carbocycles. The predicted molar refractivity (Wildman–Crippen MR) is 73.3 cm³/mol. The minimum Gasteiger partial charge on any atom is -0.377 e. The van der Waals surface area contributed by atoms with E-state index in [1.165, 1.54) is 50.7 Å². The van der Waals surface area contributed by atoms with E-state index >= 15 is 0 Å². The van der Waals surface area contributed by atoms with Gasteiger partial charge in [-0.1, -0.05) is 25.3 Å². The smallest absolute Gasteiger partial charge is 0.152 e. The van der Waals surface area contributed by atoms with Crippen LogP contribution in [-0.4, -0.2) is 6.04 Å². The monoisotopic (exact) mass is 265 g/mol. The van der Waals surface area contributed by atoms with Gasteiger partial charge in [-0.2, -0.15) is 0 Å². The van der Waals surface area contributed by atoms with Gasteiger partial charge < -0.3 is 5.32 Å². The van der Waals surface area contributed by atoms with Crippen LogP contribution in [0.2, 0.25) is 0 Å². The van der Waals surface area contributed by atoms with Gasteiger partial charge in [0, 0.05) is 6.04 Å². The van der Waals surface area contributed by atoms with Crippen LogP contribution < -0.4 is 5.32 Å². The maximum atomic E-state index is 14.0. The van der Waals surface area contributed by atoms with E-state index in [2.05, 4.69) is 5.32 Å². The molecule has 1 N–H and O–H groups in total. The van der Waals surface area contributed by atoms with Crippen molar-refractivity contribution in [3.8, 4) is 0 Å². The average molecular weight is 265 g/mol. The molecule has 2 saturated carbocycles. The first-order valence-electron chi connectivity index (χ1n) is 7.33. The quantitative estimate of drug-likeness (QED) is 0.810. The molecule has 3 rings (SSSR count). The fraction of sp³-hybridized carbons (Fsp3) is 0.625. The average Bonchev–Trinajstić information content (AvgIpc) is 2.43. The third kappa shape index (κ3) is 2.13. The van der Waals surface area contributed by atoms with Gasteiger partial charge in [-0.3, -0.25) is 0 Å². The van der Waals surface area contributed by atoms with Crippen LogP contribution in [0.15, 0.2) is 12.1 Å². The van der Waals surface area contributed by atoms with Crippen molar-refractivity contribution in [2.24, 2.45) is 5.41 Å². The van der Waals surface area contributed by atoms with Crippen LogP contribution in [0.5, 0.6) is 0 Å². The van der Waals surface area contributed by atoms with Crippen molar-refractivity contribution in [1.82, 2.24) is 0 Å². The normalized spacial score (nSPS) is 25.1. The highest BCUT2D eigenvalue weighted by Crippen LogP contribution is 2.52. The van der Waals surface area contributed by atoms with E-state index in [1.54, 1.807) is 6.92 Å². The van der Waals surface area contributed by atoms with E-state index in [0.29, 0.717) is 11.0 Å². The van der Waals surface area contributed by atoms with E-state index < -0.39 is 11.6 Å². The summed E-state index contributed by atoms with van der Waals surface area (Å²) in [7, 11) is 0. The Labute approximate surface area is 113 Å². The summed E-state index contributed by atoms with van der Waals surface area (Å²) in [6.45, 7) is 1.68. The Kier molecular flexibility index (Phi) is 3.23. The minimum atomic E-state index is -0.471. The third-order valence-electron chi connectivity index (χ3n) is 5.12. The highest BCUT2D eigenvalue weighted by Gasteiger charge is 2.47. The summed E-state index contributed by atoms with van der Waals surface area (Å²) in [5, 5.41) is 3.17. The molecule has 1 nitrogen and oxygen atoms in total. The van der Waals surface area contributed by atoms with Gasteiger partial charge in [0.1, 0.15) is 11.5 Å². The van der Waals surface area contributed by atoms with Crippen LogP contribution in [0, 0.1) is 24.0 Å². The zero-order valence-corrected chi connectivity index (χ0v) is 11.4. The van der Waals surface area contributed by atoms with Crippen molar-refractivity contribution in [3.63, 3.8) is 0 Å². The summed E-state index contributed by atoms with van der Waals surface area (Å²) >= 11 is 0. The van der Waals surface area contributed by atoms with Gasteiger partial charge in [0.2, 0.25) is 0 Å². The summed E-state index contributed by atoms with van der Waals surface area (Å²) in [5.41, 5.74) is 0.886. The predicted octanol–water partition coefficient (Wildman–Crippen LogP) is 4.80. The fourth-order valence-corrected chi connectivity index (χ4v) is 3.74. The van der Waals surface area contributed by atoms with Crippen molar-refractivity contribution in [2.75, 3.05) is 5.32 Å². The summed E-state index contributed by atoms with van der Waals surface area (Å²) < 4.78 is 27.8. The number of nitrogens with one attached hydrogen (secondary N) is 1. The maximum absolute atomic E-state index is 14.0. The summed E-state index contributed by atoms with van der Waals surface area (Å²) in [4.78, 5) is 0. The second kappa shape index (κ2) is 4.77. The Morgan fingerprint density at radius 3 is 2.47 bits per heavy atom. The minimum absolute atomic E-state index is 0.0784. The summed E-state index contributed by atoms with van der Waals surface area (Å²) in [6, 6.07) is 3.10. The van der Waals surface area contributed by atoms with Crippen molar-refractivity contribution in [2.45, 2.75) is 57.9 Å². The number of hydrogen-bond donors (Lipinski definition) is 1. The van der Waals surface area contributed by atoms with Crippen LogP contribution in [0.1, 0.15) is 50.5 Å². The lowest BCUT2D eigenvalue weighted by Crippen LogP contribution is -2.50. The van der Waals surface area contributed by atoms with E-state index in [9.17, 15) is 8.78 Å². The van der Waals surface area contributed by atoms with Gasteiger partial charge in [0.25, 0.3) is 0 Å². The Hall–Kier alpha value is -1.12. The molecule has 0 aromatic heterocycles. The Bertz CT molecular complexity index is 478. The molecule has 2 aliphatic rings. The first-order chi connectivity index (χ1) is 9.12. The number of anilines is 1. The van der Waals surface area contributed by atoms with Gasteiger partial charge in [0.15, 0.2) is 5.82 Å². The van der Waals surface area contributed by atoms with Crippen molar-refractivity contribution in [3.05, 3.63) is 29.3 Å². The second-order valence-electron chi connectivity index (χ2n) is 6.21. The summed E-state index contributed by atoms with van der Waals surface area (Å²) in [6.07, 6.45) is 8.49. The van der Waals surface area contributed by atoms with E-state index in [4.69, 9.17) is 0 Å². The molecule has 0 aliphatic heterocycles. The molecule has 1 atom stereocenters. The SMILES string of the molecule is Cc1ccc(F)c(NC2CCC23CCCCC3)c1F. The Morgan fingerprint density at radius 2 is 1.84 bits per heavy atom. The summed E-state index contributed by atoms with van der Waals surface area (Å²) in [5.74, 6) is -0.904. The van der Waals surface area contributed by atoms with Crippen LogP contribution >= 0.6 is 0 Å². The largest absolute Gasteiger partial charge is 0.377 e. The number of hydrogen-bond acceptors (Lipinski definition) is 1. The highest BCUT2D eigenvalue weighted by atomic mass is 19.1. The van der Waals surface area contributed by atoms with Crippen LogP contribution in [-0.2, 0) is 0 Å². The molecule has 0 saturated heterocycles. The van der Waals surface area contributed by atoms with Gasteiger partial charge in [-0.05, 0) is 49.7 Å². The van der Waals surface area contributed by atoms with Crippen LogP contribution in [0.25, 0.3) is 0 Å². The Balaban J connectivity index is 1.80. The van der Waals surface area contributed by atoms with Crippen molar-refractivity contribution in [1.29, 1.82) is 0 Å². The highest BCUT2D eigenvalue weighted by molar-refractivity contribution is 5.50. The molecule has 1 unspecified atom stereocenters.